The van der Waals surface area contributed by atoms with Crippen LogP contribution in [0.3, 0.4) is 0 Å². The first kappa shape index (κ1) is 18.3. The molecule has 0 aromatic heterocycles. The lowest BCUT2D eigenvalue weighted by atomic mass is 10.1. The van der Waals surface area contributed by atoms with Crippen molar-refractivity contribution in [3.8, 4) is 5.75 Å². The zero-order valence-electron chi connectivity index (χ0n) is 14.6. The van der Waals surface area contributed by atoms with Gasteiger partial charge in [0.25, 0.3) is 0 Å². The standard InChI is InChI=1S/C19H22N2O4/c1-13-4-5-16(10-14(13)2)12-25-19(23)21-20-18(22)11-15-6-8-17(24-3)9-7-15/h4-10H,11-12H2,1-3H3,(H,20,22)(H,21,23). The molecule has 6 heteroatoms. The molecule has 2 amide bonds. The van der Waals surface area contributed by atoms with Crippen LogP contribution in [0.2, 0.25) is 0 Å². The molecular weight excluding hydrogens is 320 g/mol. The molecule has 0 aliphatic heterocycles. The number of ether oxygens (including phenoxy) is 2. The van der Waals surface area contributed by atoms with Crippen LogP contribution in [-0.4, -0.2) is 19.1 Å². The molecule has 0 aliphatic carbocycles. The van der Waals surface area contributed by atoms with Crippen molar-refractivity contribution in [1.82, 2.24) is 10.9 Å². The summed E-state index contributed by atoms with van der Waals surface area (Å²) >= 11 is 0. The van der Waals surface area contributed by atoms with E-state index in [-0.39, 0.29) is 18.9 Å². The molecule has 6 nitrogen and oxygen atoms in total. The summed E-state index contributed by atoms with van der Waals surface area (Å²) in [6, 6.07) is 13.0. The molecule has 0 bridgehead atoms. The SMILES string of the molecule is COc1ccc(CC(=O)NNC(=O)OCc2ccc(C)c(C)c2)cc1. The van der Waals surface area contributed by atoms with Gasteiger partial charge >= 0.3 is 6.09 Å². The van der Waals surface area contributed by atoms with Gasteiger partial charge in [-0.25, -0.2) is 10.2 Å². The second kappa shape index (κ2) is 8.73. The topological polar surface area (TPSA) is 76.7 Å². The van der Waals surface area contributed by atoms with Crippen LogP contribution in [0.1, 0.15) is 22.3 Å². The first-order valence-corrected chi connectivity index (χ1v) is 7.88. The molecule has 2 rings (SSSR count). The molecule has 0 heterocycles. The quantitative estimate of drug-likeness (QED) is 0.819. The van der Waals surface area contributed by atoms with E-state index in [1.165, 1.54) is 5.56 Å². The number of hydrazine groups is 1. The van der Waals surface area contributed by atoms with Crippen molar-refractivity contribution in [2.45, 2.75) is 26.9 Å². The van der Waals surface area contributed by atoms with Gasteiger partial charge in [0.15, 0.2) is 0 Å². The van der Waals surface area contributed by atoms with Crippen molar-refractivity contribution in [3.63, 3.8) is 0 Å². The number of carbonyl (C=O) groups excluding carboxylic acids is 2. The number of aryl methyl sites for hydroxylation is 2. The highest BCUT2D eigenvalue weighted by Crippen LogP contribution is 2.12. The fourth-order valence-electron chi connectivity index (χ4n) is 2.17. The summed E-state index contributed by atoms with van der Waals surface area (Å²) in [5.74, 6) is 0.380. The third-order valence-corrected chi connectivity index (χ3v) is 3.77. The number of rotatable bonds is 5. The molecule has 2 aromatic rings. The summed E-state index contributed by atoms with van der Waals surface area (Å²) in [5.41, 5.74) is 8.57. The number of amides is 2. The average Bonchev–Trinajstić information content (AvgIpc) is 2.61. The van der Waals surface area contributed by atoms with Crippen LogP contribution < -0.4 is 15.6 Å². The fraction of sp³-hybridized carbons (Fsp3) is 0.263. The molecule has 0 spiro atoms. The Bertz CT molecular complexity index is 742. The van der Waals surface area contributed by atoms with Crippen molar-refractivity contribution < 1.29 is 19.1 Å². The zero-order valence-corrected chi connectivity index (χ0v) is 14.6. The summed E-state index contributed by atoms with van der Waals surface area (Å²) in [7, 11) is 1.58. The Morgan fingerprint density at radius 1 is 0.920 bits per heavy atom. The molecule has 0 unspecified atom stereocenters. The highest BCUT2D eigenvalue weighted by Gasteiger charge is 2.07. The molecule has 25 heavy (non-hydrogen) atoms. The Labute approximate surface area is 147 Å². The normalized spacial score (nSPS) is 10.0. The highest BCUT2D eigenvalue weighted by atomic mass is 16.6. The van der Waals surface area contributed by atoms with Crippen molar-refractivity contribution in [3.05, 3.63) is 64.7 Å². The molecule has 2 N–H and O–H groups in total. The predicted octanol–water partition coefficient (Wildman–Crippen LogP) is 2.81. The number of hydrogen-bond acceptors (Lipinski definition) is 4. The van der Waals surface area contributed by atoms with Gasteiger partial charge in [-0.3, -0.25) is 10.2 Å². The molecular formula is C19H22N2O4. The largest absolute Gasteiger partial charge is 0.497 e. The Hall–Kier alpha value is -3.02. The van der Waals surface area contributed by atoms with Gasteiger partial charge < -0.3 is 9.47 Å². The van der Waals surface area contributed by atoms with Crippen molar-refractivity contribution in [1.29, 1.82) is 0 Å². The van der Waals surface area contributed by atoms with E-state index < -0.39 is 6.09 Å². The minimum Gasteiger partial charge on any atom is -0.497 e. The van der Waals surface area contributed by atoms with Gasteiger partial charge in [-0.2, -0.15) is 0 Å². The van der Waals surface area contributed by atoms with Gasteiger partial charge in [0, 0.05) is 0 Å². The Morgan fingerprint density at radius 2 is 1.60 bits per heavy atom. The lowest BCUT2D eigenvalue weighted by Crippen LogP contribution is -2.42. The second-order valence-electron chi connectivity index (χ2n) is 5.69. The van der Waals surface area contributed by atoms with Crippen LogP contribution in [-0.2, 0) is 22.6 Å². The van der Waals surface area contributed by atoms with E-state index in [4.69, 9.17) is 9.47 Å². The molecule has 0 radical (unpaired) electrons. The zero-order chi connectivity index (χ0) is 18.2. The van der Waals surface area contributed by atoms with Crippen LogP contribution in [0.25, 0.3) is 0 Å². The molecule has 0 atom stereocenters. The van der Waals surface area contributed by atoms with Gasteiger partial charge in [-0.15, -0.1) is 0 Å². The number of methoxy groups -OCH3 is 1. The summed E-state index contributed by atoms with van der Waals surface area (Å²) in [4.78, 5) is 23.5. The number of hydrogen-bond donors (Lipinski definition) is 2. The van der Waals surface area contributed by atoms with Gasteiger partial charge in [-0.1, -0.05) is 30.3 Å². The molecule has 0 saturated carbocycles. The molecule has 2 aromatic carbocycles. The maximum atomic E-state index is 11.8. The van der Waals surface area contributed by atoms with Crippen molar-refractivity contribution in [2.75, 3.05) is 7.11 Å². The van der Waals surface area contributed by atoms with Gasteiger partial charge in [0.1, 0.15) is 12.4 Å². The van der Waals surface area contributed by atoms with Crippen LogP contribution >= 0.6 is 0 Å². The minimum atomic E-state index is -0.707. The van der Waals surface area contributed by atoms with E-state index in [1.807, 2.05) is 32.0 Å². The van der Waals surface area contributed by atoms with E-state index in [9.17, 15) is 9.59 Å². The van der Waals surface area contributed by atoms with Gasteiger partial charge in [-0.05, 0) is 48.2 Å². The maximum absolute atomic E-state index is 11.8. The monoisotopic (exact) mass is 342 g/mol. The van der Waals surface area contributed by atoms with Crippen molar-refractivity contribution in [2.24, 2.45) is 0 Å². The van der Waals surface area contributed by atoms with E-state index in [1.54, 1.807) is 31.4 Å². The third kappa shape index (κ3) is 5.84. The van der Waals surface area contributed by atoms with E-state index >= 15 is 0 Å². The molecule has 0 aliphatic rings. The van der Waals surface area contributed by atoms with E-state index in [2.05, 4.69) is 10.9 Å². The lowest BCUT2D eigenvalue weighted by Gasteiger charge is -2.09. The first-order valence-electron chi connectivity index (χ1n) is 7.88. The fourth-order valence-corrected chi connectivity index (χ4v) is 2.17. The first-order chi connectivity index (χ1) is 12.0. The predicted molar refractivity (Wildman–Crippen MR) is 94.1 cm³/mol. The second-order valence-corrected chi connectivity index (χ2v) is 5.69. The summed E-state index contributed by atoms with van der Waals surface area (Å²) in [6.07, 6.45) is -0.567. The van der Waals surface area contributed by atoms with Crippen LogP contribution in [0.4, 0.5) is 4.79 Å². The third-order valence-electron chi connectivity index (χ3n) is 3.77. The van der Waals surface area contributed by atoms with Crippen molar-refractivity contribution >= 4 is 12.0 Å². The summed E-state index contributed by atoms with van der Waals surface area (Å²) in [6.45, 7) is 4.16. The number of benzene rings is 2. The van der Waals surface area contributed by atoms with Crippen LogP contribution in [0.15, 0.2) is 42.5 Å². The molecule has 132 valence electrons. The number of nitrogens with one attached hydrogen (secondary N) is 2. The summed E-state index contributed by atoms with van der Waals surface area (Å²) < 4.78 is 10.1. The number of carbonyl (C=O) groups is 2. The average molecular weight is 342 g/mol. The van der Waals surface area contributed by atoms with Crippen LogP contribution in [0, 0.1) is 13.8 Å². The summed E-state index contributed by atoms with van der Waals surface area (Å²) in [5, 5.41) is 0. The smallest absolute Gasteiger partial charge is 0.426 e. The Kier molecular flexibility index (Phi) is 6.39. The van der Waals surface area contributed by atoms with Crippen LogP contribution in [0.5, 0.6) is 5.75 Å². The molecule has 0 fully saturated rings. The van der Waals surface area contributed by atoms with Gasteiger partial charge in [0.2, 0.25) is 5.91 Å². The Morgan fingerprint density at radius 3 is 2.24 bits per heavy atom. The van der Waals surface area contributed by atoms with E-state index in [0.29, 0.717) is 0 Å². The van der Waals surface area contributed by atoms with Gasteiger partial charge in [0.05, 0.1) is 13.5 Å². The highest BCUT2D eigenvalue weighted by molar-refractivity contribution is 5.81. The molecule has 0 saturated heterocycles. The van der Waals surface area contributed by atoms with E-state index in [0.717, 1.165) is 22.4 Å². The minimum absolute atomic E-state index is 0.140. The Balaban J connectivity index is 1.73. The lowest BCUT2D eigenvalue weighted by molar-refractivity contribution is -0.121. The maximum Gasteiger partial charge on any atom is 0.426 e.